The van der Waals surface area contributed by atoms with Gasteiger partial charge in [0.15, 0.2) is 0 Å². The predicted molar refractivity (Wildman–Crippen MR) is 83.8 cm³/mol. The Hall–Kier alpha value is 0.404. The fraction of sp³-hybridized carbons (Fsp3) is 0.462. The average molecular weight is 367 g/mol. The molecule has 0 amide bonds. The summed E-state index contributed by atoms with van der Waals surface area (Å²) in [4.78, 5) is 0. The molecule has 1 aromatic rings. The summed E-state index contributed by atoms with van der Waals surface area (Å²) in [5.41, 5.74) is 1.08. The molecule has 0 heterocycles. The van der Waals surface area contributed by atoms with Crippen LogP contribution in [0.2, 0.25) is 5.02 Å². The van der Waals surface area contributed by atoms with Crippen molar-refractivity contribution in [2.75, 3.05) is 0 Å². The van der Waals surface area contributed by atoms with Gasteiger partial charge in [0.2, 0.25) is 0 Å². The topological polar surface area (TPSA) is 20.2 Å². The summed E-state index contributed by atoms with van der Waals surface area (Å²) in [6.07, 6.45) is 0. The van der Waals surface area contributed by atoms with E-state index in [1.807, 2.05) is 19.9 Å². The first kappa shape index (κ1) is 24.4. The second-order valence-electron chi connectivity index (χ2n) is 5.04. The second-order valence-corrected chi connectivity index (χ2v) is 7.34. The smallest absolute Gasteiger partial charge is 0.147 e. The Morgan fingerprint density at radius 1 is 1.16 bits per heavy atom. The van der Waals surface area contributed by atoms with Crippen molar-refractivity contribution in [1.29, 1.82) is 0 Å². The van der Waals surface area contributed by atoms with E-state index in [1.54, 1.807) is 6.07 Å². The van der Waals surface area contributed by atoms with Gasteiger partial charge in [-0.2, -0.15) is 0 Å². The summed E-state index contributed by atoms with van der Waals surface area (Å²) in [6.45, 7) is 9.88. The number of benzene rings is 1. The largest absolute Gasteiger partial charge is 0.147 e. The van der Waals surface area contributed by atoms with Crippen molar-refractivity contribution in [3.8, 4) is 5.75 Å². The van der Waals surface area contributed by atoms with Crippen LogP contribution in [0, 0.1) is 0 Å². The van der Waals surface area contributed by atoms with Gasteiger partial charge >= 0.3 is 40.0 Å². The predicted octanol–water partition coefficient (Wildman–Crippen LogP) is 5.35. The molecule has 0 aliphatic carbocycles. The molecule has 0 unspecified atom stereocenters. The van der Waals surface area contributed by atoms with Gasteiger partial charge in [-0.3, -0.25) is 0 Å². The number of hydrogen-bond donors (Lipinski definition) is 1. The zero-order chi connectivity index (χ0) is 13.6. The van der Waals surface area contributed by atoms with Gasteiger partial charge in [0, 0.05) is 5.02 Å². The molecule has 0 atom stereocenters. The van der Waals surface area contributed by atoms with E-state index in [-0.39, 0.29) is 36.0 Å². The normalized spacial score (nSPS) is 9.00. The molecule has 1 aromatic carbocycles. The van der Waals surface area contributed by atoms with Crippen LogP contribution in [-0.4, -0.2) is 8.92 Å². The molecular weight excluding hydrogens is 345 g/mol. The summed E-state index contributed by atoms with van der Waals surface area (Å²) in [5, 5.41) is 9.86. The molecule has 1 nitrogen and oxygen atoms in total. The van der Waals surface area contributed by atoms with Crippen LogP contribution in [0.4, 0.5) is 3.09 Å². The zero-order valence-electron chi connectivity index (χ0n) is 11.8. The summed E-state index contributed by atoms with van der Waals surface area (Å²) >= 11 is 4.66. The minimum atomic E-state index is -1.14. The van der Waals surface area contributed by atoms with Crippen LogP contribution < -0.4 is 0 Å². The third kappa shape index (κ3) is 11.9. The molecule has 6 heteroatoms. The van der Waals surface area contributed by atoms with Crippen LogP contribution in [-0.2, 0) is 24.6 Å². The fourth-order valence-corrected chi connectivity index (χ4v) is 1.24. The molecule has 0 fully saturated rings. The third-order valence-electron chi connectivity index (χ3n) is 1.94. The average Bonchev–Trinajstić information content (AvgIpc) is 2.15. The van der Waals surface area contributed by atoms with E-state index in [2.05, 4.69) is 20.8 Å². The SMILES string of the molecule is CC(C)(C)c1cc(O)cc(Cl)c1.C[C](C)=[Ti][F].Cl.Cl. The second kappa shape index (κ2) is 11.1. The molecule has 0 aliphatic heterocycles. The van der Waals surface area contributed by atoms with Crippen LogP contribution in [0.25, 0.3) is 0 Å². The number of halogens is 4. The van der Waals surface area contributed by atoms with Crippen LogP contribution in [0.15, 0.2) is 18.2 Å². The molecule has 0 saturated carbocycles. The Kier molecular flexibility index (Phi) is 14.3. The third-order valence-corrected chi connectivity index (χ3v) is 2.75. The van der Waals surface area contributed by atoms with Crippen LogP contribution >= 0.6 is 36.4 Å². The molecule has 1 rings (SSSR count). The van der Waals surface area contributed by atoms with E-state index in [4.69, 9.17) is 11.6 Å². The Labute approximate surface area is 141 Å². The zero-order valence-corrected chi connectivity index (χ0v) is 15.7. The van der Waals surface area contributed by atoms with Gasteiger partial charge < -0.3 is 5.11 Å². The van der Waals surface area contributed by atoms with Crippen LogP contribution in [0.5, 0.6) is 5.75 Å². The quantitative estimate of drug-likeness (QED) is 0.614. The van der Waals surface area contributed by atoms with E-state index in [9.17, 15) is 8.20 Å². The minimum absolute atomic E-state index is 0. The first-order chi connectivity index (χ1) is 7.66. The monoisotopic (exact) mass is 365 g/mol. The number of phenolic OH excluding ortho intramolecular Hbond substituents is 1. The van der Waals surface area contributed by atoms with Crippen molar-refractivity contribution < 1.29 is 27.4 Å². The Morgan fingerprint density at radius 3 is 1.84 bits per heavy atom. The summed E-state index contributed by atoms with van der Waals surface area (Å²) in [7, 11) is 0. The maximum atomic E-state index is 11.2. The van der Waals surface area contributed by atoms with Gasteiger partial charge in [0.25, 0.3) is 0 Å². The van der Waals surface area contributed by atoms with Crippen molar-refractivity contribution in [3.05, 3.63) is 28.8 Å². The van der Waals surface area contributed by atoms with Crippen molar-refractivity contribution in [2.45, 2.75) is 40.0 Å². The molecule has 1 N–H and O–H groups in total. The van der Waals surface area contributed by atoms with Gasteiger partial charge in [0.1, 0.15) is 5.75 Å². The number of hydrogen-bond acceptors (Lipinski definition) is 1. The molecule has 0 aliphatic rings. The van der Waals surface area contributed by atoms with Crippen LogP contribution in [0.1, 0.15) is 40.2 Å². The fourth-order valence-electron chi connectivity index (χ4n) is 1.01. The first-order valence-corrected chi connectivity index (χ1v) is 7.08. The number of rotatable bonds is 0. The molecular formula is C13H21Cl3FOTi. The maximum Gasteiger partial charge on any atom is -0.147 e. The van der Waals surface area contributed by atoms with E-state index in [0.717, 1.165) is 9.37 Å². The van der Waals surface area contributed by atoms with Gasteiger partial charge in [-0.1, -0.05) is 32.4 Å². The van der Waals surface area contributed by atoms with Crippen molar-refractivity contribution in [3.63, 3.8) is 0 Å². The van der Waals surface area contributed by atoms with Crippen molar-refractivity contribution >= 4 is 40.2 Å². The number of aromatic hydroxyl groups is 1. The molecule has 0 spiro atoms. The van der Waals surface area contributed by atoms with E-state index in [1.165, 1.54) is 6.07 Å². The van der Waals surface area contributed by atoms with Gasteiger partial charge in [-0.05, 0) is 29.2 Å². The maximum absolute atomic E-state index is 11.2. The first-order valence-electron chi connectivity index (χ1n) is 5.33. The molecule has 0 bridgehead atoms. The van der Waals surface area contributed by atoms with E-state index in [0.29, 0.717) is 5.02 Å². The summed E-state index contributed by atoms with van der Waals surface area (Å²) in [6, 6.07) is 5.16. The summed E-state index contributed by atoms with van der Waals surface area (Å²) in [5.74, 6) is 0.229. The van der Waals surface area contributed by atoms with Gasteiger partial charge in [-0.15, -0.1) is 24.8 Å². The summed E-state index contributed by atoms with van der Waals surface area (Å²) < 4.78 is 12.2. The van der Waals surface area contributed by atoms with Crippen molar-refractivity contribution in [2.24, 2.45) is 0 Å². The van der Waals surface area contributed by atoms with E-state index < -0.39 is 19.2 Å². The van der Waals surface area contributed by atoms with Gasteiger partial charge in [-0.25, -0.2) is 0 Å². The van der Waals surface area contributed by atoms with E-state index >= 15 is 0 Å². The minimum Gasteiger partial charge on any atom is -0.147 e. The molecule has 0 saturated heterocycles. The van der Waals surface area contributed by atoms with Gasteiger partial charge in [0.05, 0.1) is 0 Å². The molecule has 19 heavy (non-hydrogen) atoms. The standard InChI is InChI=1S/C10H13ClO.C3H6.2ClH.FH.Ti/c1-10(2,3)7-4-8(11)6-9(12)5-7;1-3-2;;;;/h4-6,12H,1-3H3;1-2H3;3*1H;/q;;;;;+1/p-1. The molecule has 0 radical (unpaired) electrons. The number of phenols is 1. The Bertz CT molecular complexity index is 379. The molecule has 0 aromatic heterocycles. The Balaban J connectivity index is -0.000000320. The van der Waals surface area contributed by atoms with Crippen molar-refractivity contribution in [1.82, 2.24) is 0 Å². The Morgan fingerprint density at radius 2 is 1.58 bits per heavy atom. The van der Waals surface area contributed by atoms with Crippen LogP contribution in [0.3, 0.4) is 0 Å². The molecule has 111 valence electrons.